The molecule has 0 aliphatic carbocycles. The molecule has 0 saturated heterocycles. The van der Waals surface area contributed by atoms with Crippen LogP contribution in [0.1, 0.15) is 24.1 Å². The van der Waals surface area contributed by atoms with Crippen molar-refractivity contribution in [3.05, 3.63) is 89.8 Å². The molecule has 1 aliphatic rings. The summed E-state index contributed by atoms with van der Waals surface area (Å²) in [5.74, 6) is -0.607. The monoisotopic (exact) mass is 412 g/mol. The molecule has 1 aliphatic heterocycles. The summed E-state index contributed by atoms with van der Waals surface area (Å²) >= 11 is 0. The first-order valence-electron chi connectivity index (χ1n) is 9.52. The Morgan fingerprint density at radius 3 is 2.40 bits per heavy atom. The van der Waals surface area contributed by atoms with Crippen molar-refractivity contribution in [3.63, 3.8) is 0 Å². The lowest BCUT2D eigenvalue weighted by Crippen LogP contribution is -2.18. The maximum Gasteiger partial charge on any atom is 0.573 e. The Kier molecular flexibility index (Phi) is 5.35. The number of rotatable bonds is 4. The molecule has 4 rings (SSSR count). The van der Waals surface area contributed by atoms with Crippen LogP contribution in [-0.4, -0.2) is 16.8 Å². The number of aromatic nitrogens is 1. The molecule has 2 heterocycles. The second-order valence-corrected chi connectivity index (χ2v) is 6.94. The molecule has 1 aromatic heterocycles. The Bertz CT molecular complexity index is 1070. The smallest absolute Gasteiger partial charge is 0.406 e. The van der Waals surface area contributed by atoms with Gasteiger partial charge in [0.15, 0.2) is 0 Å². The normalized spacial score (nSPS) is 14.1. The molecule has 0 unspecified atom stereocenters. The number of carbonyl (C=O) groups excluding carboxylic acids is 1. The van der Waals surface area contributed by atoms with Gasteiger partial charge in [0.25, 0.3) is 5.91 Å². The summed E-state index contributed by atoms with van der Waals surface area (Å²) in [6.07, 6.45) is -1.36. The number of ether oxygens (including phenoxy) is 1. The summed E-state index contributed by atoms with van der Waals surface area (Å²) in [5, 5.41) is 2.81. The number of hydrogen-bond donors (Lipinski definition) is 1. The molecule has 3 aromatic rings. The highest BCUT2D eigenvalue weighted by Gasteiger charge is 2.31. The van der Waals surface area contributed by atoms with E-state index >= 15 is 0 Å². The van der Waals surface area contributed by atoms with Crippen LogP contribution in [-0.2, 0) is 11.3 Å². The van der Waals surface area contributed by atoms with Crippen molar-refractivity contribution >= 4 is 17.2 Å². The van der Waals surface area contributed by atoms with E-state index in [4.69, 9.17) is 0 Å². The van der Waals surface area contributed by atoms with Gasteiger partial charge in [-0.05, 0) is 54.8 Å². The van der Waals surface area contributed by atoms with Crippen molar-refractivity contribution in [1.29, 1.82) is 0 Å². The number of anilines is 1. The standard InChI is InChI=1S/C23H19F3N2O2/c24-23(25,26)30-18-12-10-17(11-13-18)27-22(29)19-8-4-14-28-15-5-9-20(28)21(19)16-6-2-1-3-7-16/h1-3,5-7,9-13,15H,4,8,14H2,(H,27,29). The number of halogens is 3. The number of nitrogens with zero attached hydrogens (tertiary/aromatic N) is 1. The van der Waals surface area contributed by atoms with Crippen molar-refractivity contribution in [2.75, 3.05) is 5.32 Å². The van der Waals surface area contributed by atoms with Crippen LogP contribution in [0.25, 0.3) is 5.57 Å². The van der Waals surface area contributed by atoms with Crippen LogP contribution in [0.15, 0.2) is 78.5 Å². The summed E-state index contributed by atoms with van der Waals surface area (Å²) < 4.78 is 43.0. The molecule has 0 bridgehead atoms. The van der Waals surface area contributed by atoms with Crippen LogP contribution in [0.4, 0.5) is 18.9 Å². The predicted octanol–water partition coefficient (Wildman–Crippen LogP) is 5.62. The van der Waals surface area contributed by atoms with Gasteiger partial charge < -0.3 is 14.6 Å². The molecular formula is C23H19F3N2O2. The van der Waals surface area contributed by atoms with Gasteiger partial charge in [0, 0.05) is 35.3 Å². The van der Waals surface area contributed by atoms with Crippen LogP contribution in [0.5, 0.6) is 5.75 Å². The van der Waals surface area contributed by atoms with Gasteiger partial charge in [-0.3, -0.25) is 4.79 Å². The first-order chi connectivity index (χ1) is 14.4. The highest BCUT2D eigenvalue weighted by atomic mass is 19.4. The molecule has 0 atom stereocenters. The Labute approximate surface area is 171 Å². The molecule has 4 nitrogen and oxygen atoms in total. The van der Waals surface area contributed by atoms with Crippen LogP contribution >= 0.6 is 0 Å². The third-order valence-electron chi connectivity index (χ3n) is 4.90. The van der Waals surface area contributed by atoms with Gasteiger partial charge >= 0.3 is 6.36 Å². The van der Waals surface area contributed by atoms with Crippen LogP contribution in [0.2, 0.25) is 0 Å². The fraction of sp³-hybridized carbons (Fsp3) is 0.174. The van der Waals surface area contributed by atoms with E-state index in [1.54, 1.807) is 0 Å². The van der Waals surface area contributed by atoms with Crippen molar-refractivity contribution < 1.29 is 22.7 Å². The van der Waals surface area contributed by atoms with E-state index in [1.807, 2.05) is 48.7 Å². The fourth-order valence-corrected chi connectivity index (χ4v) is 3.64. The highest BCUT2D eigenvalue weighted by molar-refractivity contribution is 6.11. The average molecular weight is 412 g/mol. The molecule has 0 fully saturated rings. The summed E-state index contributed by atoms with van der Waals surface area (Å²) in [7, 11) is 0. The Balaban J connectivity index is 1.66. The van der Waals surface area contributed by atoms with E-state index in [9.17, 15) is 18.0 Å². The number of amides is 1. The third kappa shape index (κ3) is 4.40. The van der Waals surface area contributed by atoms with Crippen molar-refractivity contribution in [2.24, 2.45) is 0 Å². The minimum absolute atomic E-state index is 0.270. The van der Waals surface area contributed by atoms with E-state index in [0.717, 1.165) is 29.8 Å². The number of benzene rings is 2. The van der Waals surface area contributed by atoms with Crippen LogP contribution in [0, 0.1) is 0 Å². The topological polar surface area (TPSA) is 43.3 Å². The summed E-state index contributed by atoms with van der Waals surface area (Å²) in [4.78, 5) is 13.2. The molecule has 0 spiro atoms. The lowest BCUT2D eigenvalue weighted by Gasteiger charge is -2.15. The minimum Gasteiger partial charge on any atom is -0.406 e. The lowest BCUT2D eigenvalue weighted by atomic mass is 9.94. The van der Waals surface area contributed by atoms with E-state index in [0.29, 0.717) is 17.7 Å². The van der Waals surface area contributed by atoms with E-state index < -0.39 is 6.36 Å². The maximum atomic E-state index is 13.2. The molecule has 154 valence electrons. The molecule has 30 heavy (non-hydrogen) atoms. The van der Waals surface area contributed by atoms with Crippen LogP contribution < -0.4 is 10.1 Å². The van der Waals surface area contributed by atoms with Gasteiger partial charge in [0.1, 0.15) is 5.75 Å². The number of carbonyl (C=O) groups is 1. The van der Waals surface area contributed by atoms with E-state index in [2.05, 4.69) is 14.6 Å². The fourth-order valence-electron chi connectivity index (χ4n) is 3.64. The van der Waals surface area contributed by atoms with Crippen molar-refractivity contribution in [3.8, 4) is 5.75 Å². The molecule has 0 radical (unpaired) electrons. The molecule has 7 heteroatoms. The first kappa shape index (κ1) is 19.8. The Morgan fingerprint density at radius 2 is 1.70 bits per heavy atom. The number of alkyl halides is 3. The third-order valence-corrected chi connectivity index (χ3v) is 4.90. The zero-order valence-electron chi connectivity index (χ0n) is 15.9. The second kappa shape index (κ2) is 8.10. The molecular weight excluding hydrogens is 393 g/mol. The molecule has 1 amide bonds. The lowest BCUT2D eigenvalue weighted by molar-refractivity contribution is -0.274. The SMILES string of the molecule is O=C(Nc1ccc(OC(F)(F)F)cc1)C1=C(c2ccccc2)c2cccn2CCC1. The summed E-state index contributed by atoms with van der Waals surface area (Å²) in [5.41, 5.74) is 3.83. The zero-order chi connectivity index (χ0) is 21.1. The van der Waals surface area contributed by atoms with Gasteiger partial charge in [-0.25, -0.2) is 0 Å². The highest BCUT2D eigenvalue weighted by Crippen LogP contribution is 2.33. The maximum absolute atomic E-state index is 13.2. The quantitative estimate of drug-likeness (QED) is 0.604. The molecule has 1 N–H and O–H groups in total. The zero-order valence-corrected chi connectivity index (χ0v) is 15.9. The largest absolute Gasteiger partial charge is 0.573 e. The van der Waals surface area contributed by atoms with E-state index in [-0.39, 0.29) is 11.7 Å². The summed E-state index contributed by atoms with van der Waals surface area (Å²) in [6, 6.07) is 18.8. The number of fused-ring (bicyclic) bond motifs is 1. The van der Waals surface area contributed by atoms with Gasteiger partial charge in [0.05, 0.1) is 0 Å². The first-order valence-corrected chi connectivity index (χ1v) is 9.52. The minimum atomic E-state index is -4.75. The van der Waals surface area contributed by atoms with Crippen LogP contribution in [0.3, 0.4) is 0 Å². The number of aryl methyl sites for hydroxylation is 1. The Hall–Kier alpha value is -3.48. The van der Waals surface area contributed by atoms with Gasteiger partial charge in [-0.2, -0.15) is 0 Å². The second-order valence-electron chi connectivity index (χ2n) is 6.94. The number of hydrogen-bond acceptors (Lipinski definition) is 2. The molecule has 0 saturated carbocycles. The average Bonchev–Trinajstić information content (AvgIpc) is 3.08. The van der Waals surface area contributed by atoms with Crippen molar-refractivity contribution in [2.45, 2.75) is 25.7 Å². The van der Waals surface area contributed by atoms with E-state index in [1.165, 1.54) is 24.3 Å². The van der Waals surface area contributed by atoms with Crippen molar-refractivity contribution in [1.82, 2.24) is 4.57 Å². The molecule has 2 aromatic carbocycles. The number of nitrogens with one attached hydrogen (secondary N) is 1. The summed E-state index contributed by atoms with van der Waals surface area (Å²) in [6.45, 7) is 0.804. The Morgan fingerprint density at radius 1 is 0.967 bits per heavy atom. The van der Waals surface area contributed by atoms with Gasteiger partial charge in [-0.15, -0.1) is 13.2 Å². The predicted molar refractivity (Wildman–Crippen MR) is 108 cm³/mol. The van der Waals surface area contributed by atoms with Gasteiger partial charge in [-0.1, -0.05) is 30.3 Å². The van der Waals surface area contributed by atoms with Gasteiger partial charge in [0.2, 0.25) is 0 Å².